The van der Waals surface area contributed by atoms with E-state index in [4.69, 9.17) is 9.79 Å². The zero-order chi connectivity index (χ0) is 11.8. The molecular weight excluding hydrogens is 246 g/mol. The fraction of sp³-hybridized carbons (Fsp3) is 0. The molecule has 10 N–H and O–H groups in total. The monoisotopic (exact) mass is 256 g/mol. The molecule has 12 nitrogen and oxygen atoms in total. The molecule has 0 saturated heterocycles. The Kier molecular flexibility index (Phi) is 8.67. The molecule has 0 spiro atoms. The Bertz CT molecular complexity index is 187. The molecule has 0 aliphatic rings. The topological polar surface area (TPSA) is 216 Å². The lowest BCUT2D eigenvalue weighted by Gasteiger charge is -1.99. The lowest BCUT2D eigenvalue weighted by Crippen LogP contribution is -2.03. The van der Waals surface area contributed by atoms with E-state index in [2.05, 4.69) is 42.1 Å². The second-order valence-corrected chi connectivity index (χ2v) is 4.08. The van der Waals surface area contributed by atoms with Crippen molar-refractivity contribution in [3.8, 4) is 0 Å². The molecule has 0 amide bonds. The highest BCUT2D eigenvalue weighted by Crippen LogP contribution is 2.38. The summed E-state index contributed by atoms with van der Waals surface area (Å²) in [5, 5.41) is 0. The van der Waals surface area contributed by atoms with Crippen molar-refractivity contribution in [2.45, 2.75) is 0 Å². The average Bonchev–Trinajstić information content (AvgIpc) is 2.19. The van der Waals surface area contributed by atoms with E-state index >= 15 is 0 Å². The molecule has 0 atom stereocenters. The Morgan fingerprint density at radius 2 is 0.857 bits per heavy atom. The quantitative estimate of drug-likeness (QED) is 0.232. The first-order valence-corrected chi connectivity index (χ1v) is 5.43. The number of phosphoric acid groups is 2. The van der Waals surface area contributed by atoms with Gasteiger partial charge in [0.1, 0.15) is 0 Å². The van der Waals surface area contributed by atoms with E-state index < -0.39 is 15.6 Å². The van der Waals surface area contributed by atoms with Gasteiger partial charge in [0.15, 0.2) is 0 Å². The Balaban J connectivity index is 0. The van der Waals surface area contributed by atoms with Gasteiger partial charge in [-0.3, -0.25) is 0 Å². The average molecular weight is 256 g/mol. The smallest absolute Gasteiger partial charge is 0.301 e. The highest BCUT2D eigenvalue weighted by molar-refractivity contribution is 7.47. The van der Waals surface area contributed by atoms with Gasteiger partial charge in [0.25, 0.3) is 0 Å². The van der Waals surface area contributed by atoms with E-state index in [1.807, 2.05) is 0 Å². The lowest BCUT2D eigenvalue weighted by molar-refractivity contribution is 0.152. The van der Waals surface area contributed by atoms with Crippen LogP contribution in [-0.2, 0) is 27.6 Å². The second kappa shape index (κ2) is 7.36. The van der Waals surface area contributed by atoms with E-state index in [-0.39, 0.29) is 0 Å². The summed E-state index contributed by atoms with van der Waals surface area (Å²) in [6.45, 7) is 0. The van der Waals surface area contributed by atoms with E-state index in [0.717, 1.165) is 0 Å². The molecule has 0 unspecified atom stereocenters. The van der Waals surface area contributed by atoms with Crippen LogP contribution >= 0.6 is 15.6 Å². The van der Waals surface area contributed by atoms with Crippen molar-refractivity contribution in [2.75, 3.05) is 0 Å². The van der Waals surface area contributed by atoms with Gasteiger partial charge in [0, 0.05) is 0 Å². The summed E-state index contributed by atoms with van der Waals surface area (Å²) >= 11 is 0. The molecule has 14 heteroatoms. The van der Waals surface area contributed by atoms with Crippen LogP contribution in [0.15, 0.2) is 0 Å². The van der Waals surface area contributed by atoms with Crippen molar-refractivity contribution in [1.29, 1.82) is 0 Å². The van der Waals surface area contributed by atoms with E-state index in [0.29, 0.717) is 0 Å². The molecule has 14 heavy (non-hydrogen) atoms. The van der Waals surface area contributed by atoms with Gasteiger partial charge in [-0.2, -0.15) is 18.5 Å². The van der Waals surface area contributed by atoms with Crippen LogP contribution in [0.25, 0.3) is 0 Å². The van der Waals surface area contributed by atoms with Crippen molar-refractivity contribution in [1.82, 2.24) is 0 Å². The molecule has 0 bridgehead atoms. The Morgan fingerprint density at radius 1 is 0.714 bits per heavy atom. The first kappa shape index (κ1) is 16.5. The van der Waals surface area contributed by atoms with Gasteiger partial charge in [0.2, 0.25) is 0 Å². The number of hydrogen-bond acceptors (Lipinski definition) is 10. The molecule has 0 radical (unpaired) electrons. The summed E-state index contributed by atoms with van der Waals surface area (Å²) < 4.78 is 33.0. The van der Waals surface area contributed by atoms with Gasteiger partial charge in [0.05, 0.1) is 0 Å². The molecule has 0 aromatic carbocycles. The van der Waals surface area contributed by atoms with Gasteiger partial charge >= 0.3 is 15.6 Å². The van der Waals surface area contributed by atoms with Gasteiger partial charge in [-0.25, -0.2) is 32.7 Å². The first-order chi connectivity index (χ1) is 6.24. The van der Waals surface area contributed by atoms with Gasteiger partial charge in [-0.05, 0) is 0 Å². The van der Waals surface area contributed by atoms with Crippen LogP contribution in [-0.4, -0.2) is 9.79 Å². The van der Waals surface area contributed by atoms with E-state index in [1.54, 1.807) is 0 Å². The maximum Gasteiger partial charge on any atom is 0.504 e. The van der Waals surface area contributed by atoms with Crippen molar-refractivity contribution in [3.05, 3.63) is 0 Å². The predicted octanol–water partition coefficient (Wildman–Crippen LogP) is -2.27. The molecule has 0 rings (SSSR count). The molecule has 0 fully saturated rings. The number of nitrogens with two attached hydrogens (primary N) is 4. The Morgan fingerprint density at radius 3 is 0.857 bits per heavy atom. The third-order valence-corrected chi connectivity index (χ3v) is 1.60. The molecular formula is H10N4O8P2. The number of rotatable bonds is 4. The minimum absolute atomic E-state index is 3.35. The molecule has 0 aliphatic carbocycles. The highest BCUT2D eigenvalue weighted by atomic mass is 31.2. The van der Waals surface area contributed by atoms with Crippen LogP contribution in [0.3, 0.4) is 0 Å². The van der Waals surface area contributed by atoms with Crippen molar-refractivity contribution < 1.29 is 37.4 Å². The first-order valence-electron chi connectivity index (χ1n) is 2.44. The third-order valence-electron chi connectivity index (χ3n) is 0.533. The largest absolute Gasteiger partial charge is 0.504 e. The maximum atomic E-state index is 9.81. The van der Waals surface area contributed by atoms with Gasteiger partial charge < -0.3 is 9.79 Å². The Hall–Kier alpha value is 0.0600. The van der Waals surface area contributed by atoms with Crippen molar-refractivity contribution >= 4 is 15.6 Å². The minimum atomic E-state index is -4.10. The maximum absolute atomic E-state index is 9.81. The highest BCUT2D eigenvalue weighted by Gasteiger charge is 2.16. The van der Waals surface area contributed by atoms with Crippen LogP contribution in [0.1, 0.15) is 0 Å². The van der Waals surface area contributed by atoms with Gasteiger partial charge in [-0.1, -0.05) is 0 Å². The SMILES string of the molecule is NOP(=O)(O)ON.NOP(=O)(O)ON. The fourth-order valence-corrected chi connectivity index (χ4v) is 0.149. The van der Waals surface area contributed by atoms with Crippen LogP contribution in [0.2, 0.25) is 0 Å². The zero-order valence-corrected chi connectivity index (χ0v) is 8.34. The Labute approximate surface area is 77.7 Å². The van der Waals surface area contributed by atoms with Crippen LogP contribution in [0, 0.1) is 0 Å². The molecule has 0 aliphatic heterocycles. The van der Waals surface area contributed by atoms with Gasteiger partial charge in [-0.15, -0.1) is 0 Å². The number of hydrogen-bond donors (Lipinski definition) is 6. The van der Waals surface area contributed by atoms with Crippen LogP contribution in [0.4, 0.5) is 0 Å². The fourth-order valence-electron chi connectivity index (χ4n) is 0.0497. The summed E-state index contributed by atoms with van der Waals surface area (Å²) in [5.74, 6) is 16.8. The molecule has 0 saturated carbocycles. The van der Waals surface area contributed by atoms with E-state index in [1.165, 1.54) is 0 Å². The summed E-state index contributed by atoms with van der Waals surface area (Å²) in [6, 6.07) is 0. The zero-order valence-electron chi connectivity index (χ0n) is 6.55. The van der Waals surface area contributed by atoms with Crippen LogP contribution < -0.4 is 23.6 Å². The molecule has 0 aromatic heterocycles. The van der Waals surface area contributed by atoms with Crippen molar-refractivity contribution in [3.63, 3.8) is 0 Å². The van der Waals surface area contributed by atoms with E-state index in [9.17, 15) is 9.13 Å². The molecule has 88 valence electrons. The molecule has 0 heterocycles. The molecule has 0 aromatic rings. The normalized spacial score (nSPS) is 11.9. The standard InChI is InChI=1S/2H5N2O4P/c2*1-5-7(3,4)6-2/h2*1-2H2,(H,3,4). The third kappa shape index (κ3) is 10.1. The minimum Gasteiger partial charge on any atom is -0.301 e. The van der Waals surface area contributed by atoms with Crippen molar-refractivity contribution in [2.24, 2.45) is 23.6 Å². The van der Waals surface area contributed by atoms with Crippen LogP contribution in [0.5, 0.6) is 0 Å². The summed E-state index contributed by atoms with van der Waals surface area (Å²) in [4.78, 5) is 16.0. The lowest BCUT2D eigenvalue weighted by atomic mass is 13.6. The summed E-state index contributed by atoms with van der Waals surface area (Å²) in [5.41, 5.74) is 0. The second-order valence-electron chi connectivity index (χ2n) is 1.36. The summed E-state index contributed by atoms with van der Waals surface area (Å²) in [6.07, 6.45) is 0. The summed E-state index contributed by atoms with van der Waals surface area (Å²) in [7, 11) is -8.20. The predicted molar refractivity (Wildman–Crippen MR) is 40.7 cm³/mol.